The zero-order valence-corrected chi connectivity index (χ0v) is 58.4. The van der Waals surface area contributed by atoms with Gasteiger partial charge in [-0.15, -0.1) is 44.2 Å². The van der Waals surface area contributed by atoms with E-state index < -0.39 is 34.8 Å². The molecule has 3 unspecified atom stereocenters. The molecule has 15 rings (SSSR count). The van der Waals surface area contributed by atoms with E-state index in [1.54, 1.807) is 121 Å². The number of hydrogen-bond donors (Lipinski definition) is 3. The lowest BCUT2D eigenvalue weighted by Gasteiger charge is -2.22. The summed E-state index contributed by atoms with van der Waals surface area (Å²) in [5.41, 5.74) is 10.1. The van der Waals surface area contributed by atoms with Crippen molar-refractivity contribution < 1.29 is 43.1 Å². The lowest BCUT2D eigenvalue weighted by atomic mass is 10.1. The van der Waals surface area contributed by atoms with Gasteiger partial charge in [-0.05, 0) is 162 Å². The molecular formula is C69H66FN13O9S6. The summed E-state index contributed by atoms with van der Waals surface area (Å²) < 4.78 is 108. The molecule has 3 saturated heterocycles. The highest BCUT2D eigenvalue weighted by Gasteiger charge is 2.32. The molecule has 0 aliphatic carbocycles. The minimum absolute atomic E-state index is 0.296. The van der Waals surface area contributed by atoms with Crippen molar-refractivity contribution in [3.63, 3.8) is 0 Å². The molecule has 98 heavy (non-hydrogen) atoms. The largest absolute Gasteiger partial charge is 0.414 e. The zero-order chi connectivity index (χ0) is 68.1. The first-order valence-corrected chi connectivity index (χ1v) is 38.9. The van der Waals surface area contributed by atoms with Gasteiger partial charge in [-0.3, -0.25) is 15.0 Å². The number of hydrogen-bond acceptors (Lipinski definition) is 25. The van der Waals surface area contributed by atoms with Gasteiger partial charge in [0.25, 0.3) is 11.8 Å². The van der Waals surface area contributed by atoms with Gasteiger partial charge in [-0.25, -0.2) is 44.6 Å². The predicted molar refractivity (Wildman–Crippen MR) is 375 cm³/mol. The first kappa shape index (κ1) is 67.8. The maximum absolute atomic E-state index is 13.9. The molecule has 12 aromatic rings. The Balaban J connectivity index is 0.000000132. The molecule has 0 saturated carbocycles. The van der Waals surface area contributed by atoms with Gasteiger partial charge in [-0.1, -0.05) is 52.8 Å². The van der Waals surface area contributed by atoms with Crippen molar-refractivity contribution >= 4 is 63.5 Å². The molecule has 0 radical (unpaired) electrons. The van der Waals surface area contributed by atoms with Gasteiger partial charge >= 0.3 is 0 Å². The molecule has 0 amide bonds. The lowest BCUT2D eigenvalue weighted by Crippen LogP contribution is -2.38. The topological polar surface area (TPSA) is 307 Å². The second-order valence-corrected chi connectivity index (χ2v) is 33.2. The molecule has 3 aromatic carbocycles. The SMILES string of the molecule is Cc1ccsc1-c1cc(-c2nc(-c3ccc(S(=O)(=O)C4CCCNC4)cc3)cnc2C)on1.Cc1ncc(-c2ccc(S(=O)(=O)C3CCCNC3)cc2)nc1-c1cc(-c2sccc2F)no1.Cc1ncc(-c2ccc(S(=O)(=O)C3CCCNC3)cc2)nc1-c1nnc(-c2cccs2)o1. The third kappa shape index (κ3) is 14.7. The maximum atomic E-state index is 13.9. The standard InChI is InChI=1S/C24H24N4O3S2.C23H21FN4O3S2.C22H21N5O3S2/c1-15-9-11-32-24(15)20-12-22(31-28-20)23-16(2)26-14-21(27-23)17-5-7-18(8-6-17)33(29,30)19-4-3-10-25-13-19;1-14-22(21-11-19(28-31-21)23-18(24)8-10-32-23)27-20(13-26-14)15-4-6-16(7-5-15)33(29,30)17-3-2-9-25-12-17;1-14-20(22-27-26-21(30-22)19-5-3-11-31-19)25-18(13-24-14)15-6-8-16(9-7-15)32(28,29)17-4-2-10-23-12-17/h5-9,11-12,14,19,25H,3-4,10,13H2,1-2H3;4-8,10-11,13,17,25H,2-3,9,12H2,1H3;3,5-9,11,13,17,23H,2,4,10,12H2,1H3. The number of piperidine rings is 3. The van der Waals surface area contributed by atoms with E-state index in [0.29, 0.717) is 133 Å². The van der Waals surface area contributed by atoms with E-state index >= 15 is 0 Å². The van der Waals surface area contributed by atoms with Gasteiger partial charge in [-0.2, -0.15) is 0 Å². The van der Waals surface area contributed by atoms with Crippen molar-refractivity contribution in [2.75, 3.05) is 39.3 Å². The van der Waals surface area contributed by atoms with Crippen molar-refractivity contribution in [2.24, 2.45) is 0 Å². The van der Waals surface area contributed by atoms with E-state index in [-0.39, 0.29) is 16.3 Å². The number of aryl methyl sites for hydroxylation is 4. The van der Waals surface area contributed by atoms with Crippen LogP contribution in [0.3, 0.4) is 0 Å². The number of nitrogens with zero attached hydrogens (tertiary/aromatic N) is 10. The summed E-state index contributed by atoms with van der Waals surface area (Å²) in [6.07, 6.45) is 9.61. The van der Waals surface area contributed by atoms with Crippen molar-refractivity contribution in [3.05, 3.63) is 172 Å². The Labute approximate surface area is 577 Å². The lowest BCUT2D eigenvalue weighted by molar-refractivity contribution is 0.433. The highest BCUT2D eigenvalue weighted by atomic mass is 32.2. The highest BCUT2D eigenvalue weighted by molar-refractivity contribution is 7.92. The van der Waals surface area contributed by atoms with E-state index in [4.69, 9.17) is 18.4 Å². The average molecular weight is 1430 g/mol. The van der Waals surface area contributed by atoms with Crippen molar-refractivity contribution in [2.45, 2.75) is 96.7 Å². The summed E-state index contributed by atoms with van der Waals surface area (Å²) in [6, 6.07) is 31.2. The second kappa shape index (κ2) is 29.3. The fourth-order valence-electron chi connectivity index (χ4n) is 11.6. The third-order valence-electron chi connectivity index (χ3n) is 17.2. The summed E-state index contributed by atoms with van der Waals surface area (Å²) in [4.78, 5) is 30.8. The molecule has 9 aromatic heterocycles. The molecule has 3 fully saturated rings. The molecule has 504 valence electrons. The van der Waals surface area contributed by atoms with Gasteiger partial charge in [0.05, 0.1) is 97.8 Å². The first-order valence-electron chi connectivity index (χ1n) is 31.6. The van der Waals surface area contributed by atoms with Crippen LogP contribution in [0, 0.1) is 33.5 Å². The van der Waals surface area contributed by atoms with Crippen molar-refractivity contribution in [1.29, 1.82) is 0 Å². The number of sulfone groups is 3. The number of nitrogens with one attached hydrogen (secondary N) is 3. The van der Waals surface area contributed by atoms with Crippen LogP contribution in [-0.4, -0.2) is 131 Å². The summed E-state index contributed by atoms with van der Waals surface area (Å²) in [5, 5.41) is 30.4. The molecule has 29 heteroatoms. The normalized spacial score (nSPS) is 16.8. The van der Waals surface area contributed by atoms with Crippen molar-refractivity contribution in [1.82, 2.24) is 66.4 Å². The minimum Gasteiger partial charge on any atom is -0.414 e. The quantitative estimate of drug-likeness (QED) is 0.0859. The van der Waals surface area contributed by atoms with Crippen LogP contribution < -0.4 is 16.0 Å². The molecule has 0 spiro atoms. The average Bonchev–Trinajstić information content (AvgIpc) is 1.37. The Morgan fingerprint density at radius 2 is 0.867 bits per heavy atom. The molecule has 0 bridgehead atoms. The third-order valence-corrected chi connectivity index (χ3v) is 26.6. The monoisotopic (exact) mass is 1430 g/mol. The summed E-state index contributed by atoms with van der Waals surface area (Å²) in [7, 11) is -10.1. The van der Waals surface area contributed by atoms with Gasteiger partial charge in [0.15, 0.2) is 41.0 Å². The van der Waals surface area contributed by atoms with Crippen LogP contribution in [0.25, 0.3) is 100 Å². The van der Waals surface area contributed by atoms with Gasteiger partial charge in [0.1, 0.15) is 34.3 Å². The summed E-state index contributed by atoms with van der Waals surface area (Å²) in [5.74, 6) is 1.32. The molecule has 3 atom stereocenters. The Morgan fingerprint density at radius 1 is 0.459 bits per heavy atom. The zero-order valence-electron chi connectivity index (χ0n) is 53.5. The molecule has 3 aliphatic heterocycles. The molecule has 12 heterocycles. The summed E-state index contributed by atoms with van der Waals surface area (Å²) >= 11 is 4.38. The van der Waals surface area contributed by atoms with Crippen LogP contribution >= 0.6 is 34.0 Å². The first-order chi connectivity index (χ1) is 47.4. The van der Waals surface area contributed by atoms with Crippen LogP contribution in [0.15, 0.2) is 172 Å². The van der Waals surface area contributed by atoms with E-state index in [0.717, 1.165) is 82.3 Å². The fraction of sp³-hybridized carbons (Fsp3) is 0.275. The van der Waals surface area contributed by atoms with Crippen molar-refractivity contribution in [3.8, 4) is 100 Å². The van der Waals surface area contributed by atoms with Gasteiger partial charge < -0.3 is 29.4 Å². The number of rotatable bonds is 15. The maximum Gasteiger partial charge on any atom is 0.268 e. The number of thiophene rings is 3. The Bertz CT molecular complexity index is 4900. The Morgan fingerprint density at radius 3 is 1.26 bits per heavy atom. The van der Waals surface area contributed by atoms with Crippen LogP contribution in [0.1, 0.15) is 61.2 Å². The van der Waals surface area contributed by atoms with Gasteiger partial charge in [0, 0.05) is 48.5 Å². The second-order valence-electron chi connectivity index (χ2n) is 23.8. The number of aromatic nitrogens is 10. The van der Waals surface area contributed by atoms with Crippen LogP contribution in [0.4, 0.5) is 4.39 Å². The van der Waals surface area contributed by atoms with E-state index in [2.05, 4.69) is 67.4 Å². The molecule has 22 nitrogen and oxygen atoms in total. The number of benzene rings is 3. The molecular weight excluding hydrogens is 1370 g/mol. The fourth-order valence-corrected chi connectivity index (χ4v) is 19.0. The smallest absolute Gasteiger partial charge is 0.268 e. The summed E-state index contributed by atoms with van der Waals surface area (Å²) in [6.45, 7) is 11.6. The van der Waals surface area contributed by atoms with Crippen LogP contribution in [0.5, 0.6) is 0 Å². The highest BCUT2D eigenvalue weighted by Crippen LogP contribution is 2.37. The Kier molecular flexibility index (Phi) is 20.3. The van der Waals surface area contributed by atoms with E-state index in [1.165, 1.54) is 28.7 Å². The van der Waals surface area contributed by atoms with Crippen LogP contribution in [-0.2, 0) is 29.5 Å². The predicted octanol–water partition coefficient (Wildman–Crippen LogP) is 12.9. The van der Waals surface area contributed by atoms with E-state index in [1.807, 2.05) is 49.7 Å². The minimum atomic E-state index is -3.39. The molecule has 3 aliphatic rings. The van der Waals surface area contributed by atoms with Crippen LogP contribution in [0.2, 0.25) is 0 Å². The number of halogens is 1. The van der Waals surface area contributed by atoms with Gasteiger partial charge in [0.2, 0.25) is 0 Å². The molecule has 3 N–H and O–H groups in total. The Hall–Kier alpha value is -8.78. The van der Waals surface area contributed by atoms with E-state index in [9.17, 15) is 29.6 Å².